The first-order valence-corrected chi connectivity index (χ1v) is 6.49. The van der Waals surface area contributed by atoms with Gasteiger partial charge in [0.25, 0.3) is 0 Å². The molecule has 88 valence electrons. The monoisotopic (exact) mass is 246 g/mol. The summed E-state index contributed by atoms with van der Waals surface area (Å²) in [6.45, 7) is 3.91. The highest BCUT2D eigenvalue weighted by atomic mass is 32.1. The van der Waals surface area contributed by atoms with Crippen molar-refractivity contribution >= 4 is 22.4 Å². The number of aryl methyl sites for hydroxylation is 1. The van der Waals surface area contributed by atoms with Crippen LogP contribution < -0.4 is 10.6 Å². The Morgan fingerprint density at radius 2 is 2.35 bits per heavy atom. The first-order valence-electron chi connectivity index (χ1n) is 5.72. The van der Waals surface area contributed by atoms with E-state index in [1.54, 1.807) is 0 Å². The zero-order valence-corrected chi connectivity index (χ0v) is 10.5. The molecule has 17 heavy (non-hydrogen) atoms. The third-order valence-electron chi connectivity index (χ3n) is 2.91. The van der Waals surface area contributed by atoms with Gasteiger partial charge in [-0.15, -0.1) is 0 Å². The van der Waals surface area contributed by atoms with Crippen LogP contribution in [0.15, 0.2) is 18.2 Å². The summed E-state index contributed by atoms with van der Waals surface area (Å²) in [7, 11) is 0. The van der Waals surface area contributed by atoms with E-state index < -0.39 is 0 Å². The predicted octanol–water partition coefficient (Wildman–Crippen LogP) is 2.24. The van der Waals surface area contributed by atoms with E-state index in [-0.39, 0.29) is 0 Å². The lowest BCUT2D eigenvalue weighted by atomic mass is 9.99. The van der Waals surface area contributed by atoms with Gasteiger partial charge in [-0.1, -0.05) is 12.1 Å². The SMILES string of the molecule is Cc1nsc(Nc2cccc3c2CCNC3)n1. The maximum Gasteiger partial charge on any atom is 0.207 e. The lowest BCUT2D eigenvalue weighted by molar-refractivity contribution is 0.645. The van der Waals surface area contributed by atoms with Crippen LogP contribution in [0.4, 0.5) is 10.8 Å². The number of nitrogens with one attached hydrogen (secondary N) is 2. The largest absolute Gasteiger partial charge is 0.330 e. The molecule has 0 unspecified atom stereocenters. The molecule has 3 rings (SSSR count). The minimum Gasteiger partial charge on any atom is -0.330 e. The molecule has 0 saturated carbocycles. The third kappa shape index (κ3) is 2.16. The van der Waals surface area contributed by atoms with Crippen LogP contribution in [0.3, 0.4) is 0 Å². The van der Waals surface area contributed by atoms with Crippen LogP contribution in [0.5, 0.6) is 0 Å². The molecule has 0 saturated heterocycles. The Morgan fingerprint density at radius 3 is 3.18 bits per heavy atom. The Kier molecular flexibility index (Phi) is 2.78. The van der Waals surface area contributed by atoms with Crippen molar-refractivity contribution in [2.75, 3.05) is 11.9 Å². The molecule has 0 atom stereocenters. The fourth-order valence-electron chi connectivity index (χ4n) is 2.11. The predicted molar refractivity (Wildman–Crippen MR) is 69.8 cm³/mol. The van der Waals surface area contributed by atoms with Crippen LogP contribution in [0.1, 0.15) is 17.0 Å². The third-order valence-corrected chi connectivity index (χ3v) is 3.63. The molecule has 2 N–H and O–H groups in total. The highest BCUT2D eigenvalue weighted by molar-refractivity contribution is 7.09. The van der Waals surface area contributed by atoms with E-state index in [9.17, 15) is 0 Å². The number of fused-ring (bicyclic) bond motifs is 1. The Balaban J connectivity index is 1.92. The van der Waals surface area contributed by atoms with E-state index in [2.05, 4.69) is 38.2 Å². The van der Waals surface area contributed by atoms with Gasteiger partial charge >= 0.3 is 0 Å². The molecule has 1 aliphatic rings. The number of anilines is 2. The topological polar surface area (TPSA) is 49.8 Å². The summed E-state index contributed by atoms with van der Waals surface area (Å²) in [5.74, 6) is 0.823. The van der Waals surface area contributed by atoms with E-state index >= 15 is 0 Å². The van der Waals surface area contributed by atoms with Gasteiger partial charge in [-0.05, 0) is 37.1 Å². The second-order valence-corrected chi connectivity index (χ2v) is 4.89. The van der Waals surface area contributed by atoms with Gasteiger partial charge in [0.2, 0.25) is 5.13 Å². The Hall–Kier alpha value is -1.46. The lowest BCUT2D eigenvalue weighted by Crippen LogP contribution is -2.24. The van der Waals surface area contributed by atoms with Crippen molar-refractivity contribution in [3.05, 3.63) is 35.2 Å². The van der Waals surface area contributed by atoms with Gasteiger partial charge in [0.1, 0.15) is 5.82 Å². The number of benzene rings is 1. The van der Waals surface area contributed by atoms with Crippen molar-refractivity contribution in [3.63, 3.8) is 0 Å². The molecule has 0 radical (unpaired) electrons. The van der Waals surface area contributed by atoms with Crippen molar-refractivity contribution in [1.29, 1.82) is 0 Å². The van der Waals surface area contributed by atoms with Crippen molar-refractivity contribution in [3.8, 4) is 0 Å². The molecule has 0 spiro atoms. The van der Waals surface area contributed by atoms with E-state index in [0.717, 1.165) is 30.5 Å². The van der Waals surface area contributed by atoms with Crippen LogP contribution in [0.2, 0.25) is 0 Å². The molecule has 4 nitrogen and oxygen atoms in total. The van der Waals surface area contributed by atoms with E-state index in [4.69, 9.17) is 0 Å². The number of hydrogen-bond donors (Lipinski definition) is 2. The number of hydrogen-bond acceptors (Lipinski definition) is 5. The standard InChI is InChI=1S/C12H14N4S/c1-8-14-12(17-16-8)15-11-4-2-3-9-7-13-6-5-10(9)11/h2-4,13H,5-7H2,1H3,(H,14,15,16). The molecule has 0 aliphatic carbocycles. The highest BCUT2D eigenvalue weighted by Crippen LogP contribution is 2.26. The van der Waals surface area contributed by atoms with Crippen molar-refractivity contribution in [2.24, 2.45) is 0 Å². The fraction of sp³-hybridized carbons (Fsp3) is 0.333. The molecular weight excluding hydrogens is 232 g/mol. The van der Waals surface area contributed by atoms with Gasteiger partial charge in [0.05, 0.1) is 0 Å². The summed E-state index contributed by atoms with van der Waals surface area (Å²) < 4.78 is 4.18. The van der Waals surface area contributed by atoms with E-state index in [1.807, 2.05) is 6.92 Å². The molecule has 0 fully saturated rings. The average Bonchev–Trinajstić information content (AvgIpc) is 2.75. The first-order chi connectivity index (χ1) is 8.33. The lowest BCUT2D eigenvalue weighted by Gasteiger charge is -2.20. The number of nitrogens with zero attached hydrogens (tertiary/aromatic N) is 2. The van der Waals surface area contributed by atoms with Gasteiger partial charge in [0.15, 0.2) is 0 Å². The number of rotatable bonds is 2. The van der Waals surface area contributed by atoms with Crippen molar-refractivity contribution in [2.45, 2.75) is 19.9 Å². The number of aromatic nitrogens is 2. The zero-order valence-electron chi connectivity index (χ0n) is 9.66. The van der Waals surface area contributed by atoms with Gasteiger partial charge in [-0.3, -0.25) is 0 Å². The summed E-state index contributed by atoms with van der Waals surface area (Å²) >= 11 is 1.41. The van der Waals surface area contributed by atoms with Gasteiger partial charge in [-0.25, -0.2) is 4.98 Å². The highest BCUT2D eigenvalue weighted by Gasteiger charge is 2.13. The molecule has 1 aliphatic heterocycles. The summed E-state index contributed by atoms with van der Waals surface area (Å²) in [5.41, 5.74) is 3.95. The second kappa shape index (κ2) is 4.43. The van der Waals surface area contributed by atoms with Crippen LogP contribution in [0.25, 0.3) is 0 Å². The first kappa shape index (κ1) is 10.7. The van der Waals surface area contributed by atoms with Crippen molar-refractivity contribution < 1.29 is 0 Å². The molecule has 0 amide bonds. The maximum absolute atomic E-state index is 4.34. The minimum absolute atomic E-state index is 0.823. The summed E-state index contributed by atoms with van der Waals surface area (Å²) in [6, 6.07) is 6.38. The van der Waals surface area contributed by atoms with Crippen LogP contribution in [-0.2, 0) is 13.0 Å². The Labute approximate surface area is 104 Å². The van der Waals surface area contributed by atoms with Gasteiger partial charge in [-0.2, -0.15) is 4.37 Å². The molecule has 1 aromatic heterocycles. The quantitative estimate of drug-likeness (QED) is 0.853. The molecule has 2 aromatic rings. The summed E-state index contributed by atoms with van der Waals surface area (Å²) in [4.78, 5) is 4.34. The summed E-state index contributed by atoms with van der Waals surface area (Å²) in [6.07, 6.45) is 1.07. The molecular formula is C12H14N4S. The van der Waals surface area contributed by atoms with Gasteiger partial charge < -0.3 is 10.6 Å². The van der Waals surface area contributed by atoms with Crippen molar-refractivity contribution in [1.82, 2.24) is 14.7 Å². The molecule has 1 aromatic carbocycles. The second-order valence-electron chi connectivity index (χ2n) is 4.14. The molecule has 0 bridgehead atoms. The molecule has 2 heterocycles. The Bertz CT molecular complexity index is 535. The normalized spacial score (nSPS) is 14.4. The minimum atomic E-state index is 0.823. The van der Waals surface area contributed by atoms with Crippen LogP contribution in [-0.4, -0.2) is 15.9 Å². The van der Waals surface area contributed by atoms with Crippen LogP contribution in [0, 0.1) is 6.92 Å². The fourth-order valence-corrected chi connectivity index (χ4v) is 2.70. The summed E-state index contributed by atoms with van der Waals surface area (Å²) in [5, 5.41) is 7.62. The Morgan fingerprint density at radius 1 is 1.41 bits per heavy atom. The zero-order chi connectivity index (χ0) is 11.7. The van der Waals surface area contributed by atoms with Crippen LogP contribution >= 0.6 is 11.5 Å². The molecule has 5 heteroatoms. The smallest absolute Gasteiger partial charge is 0.207 e. The maximum atomic E-state index is 4.34. The van der Waals surface area contributed by atoms with Gasteiger partial charge in [0, 0.05) is 23.8 Å². The van der Waals surface area contributed by atoms with E-state index in [1.165, 1.54) is 28.3 Å². The average molecular weight is 246 g/mol. The van der Waals surface area contributed by atoms with E-state index in [0.29, 0.717) is 0 Å².